The second kappa shape index (κ2) is 3.72. The molecule has 0 aromatic heterocycles. The van der Waals surface area contributed by atoms with Crippen molar-refractivity contribution in [3.8, 4) is 0 Å². The fourth-order valence-corrected chi connectivity index (χ4v) is 7.71. The van der Waals surface area contributed by atoms with E-state index in [1.54, 1.807) is 6.92 Å². The van der Waals surface area contributed by atoms with Crippen LogP contribution in [-0.2, 0) is 33.3 Å². The molecule has 134 valence electrons. The van der Waals surface area contributed by atoms with E-state index in [2.05, 4.69) is 13.8 Å². The Morgan fingerprint density at radius 1 is 1.16 bits per heavy atom. The smallest absolute Gasteiger partial charge is 0.317 e. The summed E-state index contributed by atoms with van der Waals surface area (Å²) in [5, 5.41) is 0. The molecule has 7 nitrogen and oxygen atoms in total. The molecule has 0 aromatic carbocycles. The van der Waals surface area contributed by atoms with Crippen LogP contribution in [0.5, 0.6) is 0 Å². The Hall–Kier alpha value is -1.63. The molecule has 9 atom stereocenters. The molecule has 6 rings (SSSR count). The third-order valence-electron chi connectivity index (χ3n) is 8.11. The van der Waals surface area contributed by atoms with Gasteiger partial charge in [0.05, 0.1) is 0 Å². The minimum Gasteiger partial charge on any atom is -0.461 e. The summed E-state index contributed by atoms with van der Waals surface area (Å²) >= 11 is 0. The van der Waals surface area contributed by atoms with E-state index >= 15 is 0 Å². The van der Waals surface area contributed by atoms with Gasteiger partial charge in [-0.2, -0.15) is 0 Å². The van der Waals surface area contributed by atoms with E-state index in [1.807, 2.05) is 0 Å². The van der Waals surface area contributed by atoms with Crippen LogP contribution in [0.15, 0.2) is 0 Å². The van der Waals surface area contributed by atoms with E-state index in [1.165, 1.54) is 0 Å². The average Bonchev–Trinajstić information content (AvgIpc) is 3.27. The van der Waals surface area contributed by atoms with Gasteiger partial charge in [-0.3, -0.25) is 14.4 Å². The van der Waals surface area contributed by atoms with E-state index in [9.17, 15) is 14.4 Å². The number of carbonyl (C=O) groups is 3. The van der Waals surface area contributed by atoms with Gasteiger partial charge in [0, 0.05) is 12.3 Å². The third-order valence-corrected chi connectivity index (χ3v) is 8.11. The molecule has 4 aliphatic heterocycles. The summed E-state index contributed by atoms with van der Waals surface area (Å²) in [6.07, 6.45) is -1.80. The highest BCUT2D eigenvalue weighted by Gasteiger charge is 2.99. The summed E-state index contributed by atoms with van der Waals surface area (Å²) in [4.78, 5) is 38.2. The Morgan fingerprint density at radius 2 is 1.88 bits per heavy atom. The Morgan fingerprint density at radius 3 is 2.60 bits per heavy atom. The number of rotatable bonds is 2. The van der Waals surface area contributed by atoms with Crippen LogP contribution in [0.1, 0.15) is 33.6 Å². The van der Waals surface area contributed by atoms with Crippen LogP contribution in [0.25, 0.3) is 0 Å². The lowest BCUT2D eigenvalue weighted by Gasteiger charge is -2.43. The molecule has 0 N–H and O–H groups in total. The fraction of sp³-hybridized carbons (Fsp3) is 0.833. The molecule has 0 aromatic rings. The zero-order valence-corrected chi connectivity index (χ0v) is 14.3. The molecule has 9 unspecified atom stereocenters. The van der Waals surface area contributed by atoms with Crippen molar-refractivity contribution in [1.29, 1.82) is 0 Å². The molecular formula is C18H20O7. The van der Waals surface area contributed by atoms with Crippen LogP contribution in [0, 0.1) is 28.1 Å². The van der Waals surface area contributed by atoms with Crippen LogP contribution in [0.2, 0.25) is 0 Å². The third kappa shape index (κ3) is 1.06. The fourth-order valence-electron chi connectivity index (χ4n) is 7.71. The molecule has 4 saturated heterocycles. The lowest BCUT2D eigenvalue weighted by molar-refractivity contribution is -0.167. The minimum absolute atomic E-state index is 0.0169. The van der Waals surface area contributed by atoms with Gasteiger partial charge in [-0.1, -0.05) is 20.8 Å². The first kappa shape index (κ1) is 14.5. The van der Waals surface area contributed by atoms with Gasteiger partial charge in [0.2, 0.25) is 0 Å². The van der Waals surface area contributed by atoms with Gasteiger partial charge < -0.3 is 18.9 Å². The number of carbonyl (C=O) groups excluding carboxylic acids is 3. The van der Waals surface area contributed by atoms with E-state index in [-0.39, 0.29) is 47.7 Å². The predicted octanol–water partition coefficient (Wildman–Crippen LogP) is 0.589. The van der Waals surface area contributed by atoms with Crippen LogP contribution in [0.3, 0.4) is 0 Å². The highest BCUT2D eigenvalue weighted by molar-refractivity contribution is 5.97. The summed E-state index contributed by atoms with van der Waals surface area (Å²) in [5.74, 6) is -1.23. The largest absolute Gasteiger partial charge is 0.461 e. The molecule has 6 aliphatic rings. The van der Waals surface area contributed by atoms with Crippen LogP contribution in [0.4, 0.5) is 0 Å². The number of esters is 3. The lowest BCUT2D eigenvalue weighted by atomic mass is 9.50. The number of fused-ring (bicyclic) bond motifs is 2. The highest BCUT2D eigenvalue weighted by atomic mass is 16.7. The number of hydrogen-bond acceptors (Lipinski definition) is 7. The minimum atomic E-state index is -1.07. The average molecular weight is 348 g/mol. The summed E-state index contributed by atoms with van der Waals surface area (Å²) in [6, 6.07) is 0. The Bertz CT molecular complexity index is 757. The van der Waals surface area contributed by atoms with E-state index < -0.39 is 35.2 Å². The van der Waals surface area contributed by atoms with E-state index in [0.29, 0.717) is 6.42 Å². The van der Waals surface area contributed by atoms with Crippen LogP contribution < -0.4 is 0 Å². The van der Waals surface area contributed by atoms with Gasteiger partial charge in [0.25, 0.3) is 0 Å². The maximum Gasteiger partial charge on any atom is 0.317 e. The zero-order valence-electron chi connectivity index (χ0n) is 14.3. The van der Waals surface area contributed by atoms with E-state index in [4.69, 9.17) is 18.9 Å². The van der Waals surface area contributed by atoms with Gasteiger partial charge >= 0.3 is 17.9 Å². The van der Waals surface area contributed by atoms with Crippen molar-refractivity contribution in [2.24, 2.45) is 28.1 Å². The highest BCUT2D eigenvalue weighted by Crippen LogP contribution is 2.85. The van der Waals surface area contributed by atoms with Gasteiger partial charge in [-0.25, -0.2) is 0 Å². The molecule has 4 bridgehead atoms. The molecule has 25 heavy (non-hydrogen) atoms. The molecule has 2 aliphatic carbocycles. The maximum atomic E-state index is 13.2. The Balaban J connectivity index is 1.60. The maximum absolute atomic E-state index is 13.2. The topological polar surface area (TPSA) is 88.1 Å². The zero-order chi connectivity index (χ0) is 17.5. The lowest BCUT2D eigenvalue weighted by Crippen LogP contribution is -2.62. The molecule has 6 fully saturated rings. The molecule has 7 heteroatoms. The molecule has 4 heterocycles. The van der Waals surface area contributed by atoms with Gasteiger partial charge in [-0.15, -0.1) is 0 Å². The summed E-state index contributed by atoms with van der Waals surface area (Å²) in [7, 11) is 0. The Labute approximate surface area is 144 Å². The second-order valence-corrected chi connectivity index (χ2v) is 8.92. The summed E-state index contributed by atoms with van der Waals surface area (Å²) < 4.78 is 23.2. The molecule has 2 spiro atoms. The molecular weight excluding hydrogens is 328 g/mol. The van der Waals surface area contributed by atoms with Crippen molar-refractivity contribution < 1.29 is 33.3 Å². The van der Waals surface area contributed by atoms with Gasteiger partial charge in [-0.05, 0) is 17.8 Å². The first-order valence-corrected chi connectivity index (χ1v) is 9.10. The van der Waals surface area contributed by atoms with Crippen molar-refractivity contribution in [2.75, 3.05) is 0 Å². The summed E-state index contributed by atoms with van der Waals surface area (Å²) in [5.41, 5.74) is -2.28. The first-order valence-electron chi connectivity index (χ1n) is 9.10. The molecule has 0 amide bonds. The van der Waals surface area contributed by atoms with Crippen molar-refractivity contribution in [3.63, 3.8) is 0 Å². The SMILES string of the molecule is CCC(=O)OC1C2OC(=O)C34C2OC1C31C(=O)OC2CC4C(C)(C)C21. The monoisotopic (exact) mass is 348 g/mol. The number of ether oxygens (including phenoxy) is 4. The quantitative estimate of drug-likeness (QED) is 0.533. The van der Waals surface area contributed by atoms with Gasteiger partial charge in [0.15, 0.2) is 12.2 Å². The van der Waals surface area contributed by atoms with Crippen LogP contribution >= 0.6 is 0 Å². The van der Waals surface area contributed by atoms with E-state index in [0.717, 1.165) is 0 Å². The molecule has 0 radical (unpaired) electrons. The van der Waals surface area contributed by atoms with Crippen LogP contribution in [-0.4, -0.2) is 48.4 Å². The van der Waals surface area contributed by atoms with Crippen molar-refractivity contribution in [1.82, 2.24) is 0 Å². The first-order chi connectivity index (χ1) is 11.8. The second-order valence-electron chi connectivity index (χ2n) is 8.92. The van der Waals surface area contributed by atoms with Crippen molar-refractivity contribution >= 4 is 17.9 Å². The van der Waals surface area contributed by atoms with Crippen molar-refractivity contribution in [2.45, 2.75) is 64.1 Å². The van der Waals surface area contributed by atoms with Crippen molar-refractivity contribution in [3.05, 3.63) is 0 Å². The van der Waals surface area contributed by atoms with Gasteiger partial charge in [0.1, 0.15) is 29.1 Å². The number of hydrogen-bond donors (Lipinski definition) is 0. The normalized spacial score (nSPS) is 57.6. The standard InChI is InChI=1S/C18H20O7/c1-4-8(19)23-9-10-12-17(14(20)24-10)7-5-6-11(16(7,2)3)18(17,13(9)25-12)15(21)22-6/h6-7,9-13H,4-5H2,1-3H3. The summed E-state index contributed by atoms with van der Waals surface area (Å²) in [6.45, 7) is 5.94. The molecule has 2 saturated carbocycles. The predicted molar refractivity (Wildman–Crippen MR) is 78.8 cm³/mol. The Kier molecular flexibility index (Phi) is 2.16.